The fourth-order valence-corrected chi connectivity index (χ4v) is 4.28. The van der Waals surface area contributed by atoms with Crippen molar-refractivity contribution in [3.63, 3.8) is 0 Å². The number of carbonyl (C=O) groups is 1. The number of nitrogens with two attached hydrogens (primary N) is 1. The van der Waals surface area contributed by atoms with E-state index in [1.54, 1.807) is 34.7 Å². The van der Waals surface area contributed by atoms with Gasteiger partial charge in [-0.15, -0.1) is 0 Å². The maximum atomic E-state index is 11.9. The van der Waals surface area contributed by atoms with Crippen LogP contribution in [0.2, 0.25) is 0 Å². The minimum absolute atomic E-state index is 0.331. The molecule has 1 aromatic carbocycles. The summed E-state index contributed by atoms with van der Waals surface area (Å²) in [4.78, 5) is 26.1. The number of pyridine rings is 1. The molecular weight excluding hydrogens is 433 g/mol. The van der Waals surface area contributed by atoms with Crippen molar-refractivity contribution in [3.8, 4) is 11.5 Å². The molecule has 1 aliphatic rings. The number of benzene rings is 1. The first-order valence-corrected chi connectivity index (χ1v) is 11.0. The lowest BCUT2D eigenvalue weighted by atomic mass is 9.79. The van der Waals surface area contributed by atoms with E-state index >= 15 is 0 Å². The molecule has 0 fully saturated rings. The van der Waals surface area contributed by atoms with Crippen molar-refractivity contribution in [2.75, 3.05) is 17.2 Å². The van der Waals surface area contributed by atoms with Crippen LogP contribution in [0.15, 0.2) is 42.6 Å². The Labute approximate surface area is 196 Å². The first-order chi connectivity index (χ1) is 16.4. The molecule has 5 rings (SSSR count). The smallest absolute Gasteiger partial charge is 0.423 e. The monoisotopic (exact) mass is 457 g/mol. The molecule has 172 valence electrons. The van der Waals surface area contributed by atoms with E-state index in [9.17, 15) is 14.8 Å². The molecule has 3 aromatic heterocycles. The zero-order valence-corrected chi connectivity index (χ0v) is 18.6. The van der Waals surface area contributed by atoms with Crippen LogP contribution in [0.5, 0.6) is 0 Å². The molecule has 11 heteroatoms. The molecule has 4 heterocycles. The van der Waals surface area contributed by atoms with E-state index in [4.69, 9.17) is 15.7 Å². The maximum Gasteiger partial charge on any atom is 0.488 e. The van der Waals surface area contributed by atoms with E-state index in [0.717, 1.165) is 36.3 Å². The average molecular weight is 457 g/mol. The highest BCUT2D eigenvalue weighted by Crippen LogP contribution is 2.31. The largest absolute Gasteiger partial charge is 0.488 e. The van der Waals surface area contributed by atoms with Crippen LogP contribution in [-0.4, -0.2) is 49.0 Å². The number of hydrogen-bond donors (Lipinski definition) is 5. The molecule has 6 N–H and O–H groups in total. The molecule has 10 nitrogen and oxygen atoms in total. The van der Waals surface area contributed by atoms with Gasteiger partial charge in [-0.3, -0.25) is 9.20 Å². The van der Waals surface area contributed by atoms with Gasteiger partial charge in [0.1, 0.15) is 23.0 Å². The molecule has 0 atom stereocenters. The van der Waals surface area contributed by atoms with Gasteiger partial charge in [0.25, 0.3) is 5.91 Å². The van der Waals surface area contributed by atoms with E-state index in [1.807, 2.05) is 19.2 Å². The van der Waals surface area contributed by atoms with E-state index in [-0.39, 0.29) is 0 Å². The van der Waals surface area contributed by atoms with Gasteiger partial charge in [-0.05, 0) is 42.9 Å². The Morgan fingerprint density at radius 1 is 1.24 bits per heavy atom. The lowest BCUT2D eigenvalue weighted by Gasteiger charge is -2.21. The van der Waals surface area contributed by atoms with E-state index in [1.165, 1.54) is 0 Å². The molecule has 1 aliphatic heterocycles. The second-order valence-electron chi connectivity index (χ2n) is 8.25. The Morgan fingerprint density at radius 2 is 2.09 bits per heavy atom. The highest BCUT2D eigenvalue weighted by Gasteiger charge is 2.23. The number of aryl methyl sites for hydroxylation is 1. The number of rotatable bonds is 6. The number of aromatic nitrogens is 4. The van der Waals surface area contributed by atoms with Gasteiger partial charge in [-0.2, -0.15) is 0 Å². The molecule has 1 amide bonds. The number of hydrogen-bond acceptors (Lipinski definition) is 8. The van der Waals surface area contributed by atoms with Gasteiger partial charge in [-0.25, -0.2) is 15.0 Å². The highest BCUT2D eigenvalue weighted by molar-refractivity contribution is 6.58. The van der Waals surface area contributed by atoms with Gasteiger partial charge >= 0.3 is 7.12 Å². The Bertz CT molecular complexity index is 1400. The lowest BCUT2D eigenvalue weighted by Crippen LogP contribution is -2.30. The highest BCUT2D eigenvalue weighted by atomic mass is 16.4. The molecular formula is C23H24BN7O3. The van der Waals surface area contributed by atoms with Crippen LogP contribution in [0, 0.1) is 6.92 Å². The standard InChI is InChI=1S/C23H24BN7O3/c1-13-18(31-10-4-8-16(19(25)32)23(31)28-13)22-29-20-17(7-3-9-26-20)21(30-22)27-12-14-5-2-6-15(11-14)24(33)34/h2,4-6,8,10-11,33-34H,3,7,9,12H2,1H3,(H2,25,32)(H2,26,27,29,30). The van der Waals surface area contributed by atoms with Crippen molar-refractivity contribution in [1.29, 1.82) is 0 Å². The number of amides is 1. The Balaban J connectivity index is 1.57. The SMILES string of the molecule is Cc1nc2c(C(N)=O)cccn2c1-c1nc2c(c(NCc3cccc(B(O)O)c3)n1)CCCN2. The number of nitrogens with zero attached hydrogens (tertiary/aromatic N) is 4. The van der Waals surface area contributed by atoms with Crippen LogP contribution < -0.4 is 21.8 Å². The normalized spacial score (nSPS) is 12.8. The second kappa shape index (κ2) is 8.77. The minimum Gasteiger partial charge on any atom is -0.423 e. The van der Waals surface area contributed by atoms with Crippen molar-refractivity contribution in [2.45, 2.75) is 26.3 Å². The number of nitrogens with one attached hydrogen (secondary N) is 2. The predicted octanol–water partition coefficient (Wildman–Crippen LogP) is 0.849. The Morgan fingerprint density at radius 3 is 2.88 bits per heavy atom. The summed E-state index contributed by atoms with van der Waals surface area (Å²) in [5, 5.41) is 25.7. The van der Waals surface area contributed by atoms with Crippen molar-refractivity contribution < 1.29 is 14.8 Å². The van der Waals surface area contributed by atoms with Gasteiger partial charge in [0.05, 0.1) is 11.3 Å². The van der Waals surface area contributed by atoms with Crippen molar-refractivity contribution in [2.24, 2.45) is 5.73 Å². The number of anilines is 2. The van der Waals surface area contributed by atoms with Crippen LogP contribution in [0.1, 0.15) is 33.6 Å². The quantitative estimate of drug-likeness (QED) is 0.268. The number of carbonyl (C=O) groups excluding carboxylic acids is 1. The number of primary amides is 1. The topological polar surface area (TPSA) is 151 Å². The van der Waals surface area contributed by atoms with Crippen molar-refractivity contribution in [1.82, 2.24) is 19.4 Å². The van der Waals surface area contributed by atoms with E-state index in [0.29, 0.717) is 46.2 Å². The van der Waals surface area contributed by atoms with Crippen LogP contribution in [-0.2, 0) is 13.0 Å². The summed E-state index contributed by atoms with van der Waals surface area (Å²) in [5.41, 5.74) is 10.0. The number of imidazole rings is 1. The molecule has 0 bridgehead atoms. The molecule has 0 radical (unpaired) electrons. The third-order valence-electron chi connectivity index (χ3n) is 5.91. The lowest BCUT2D eigenvalue weighted by molar-refractivity contribution is 0.100. The van der Waals surface area contributed by atoms with Crippen LogP contribution in [0.4, 0.5) is 11.6 Å². The molecule has 4 aromatic rings. The van der Waals surface area contributed by atoms with Crippen LogP contribution >= 0.6 is 0 Å². The second-order valence-corrected chi connectivity index (χ2v) is 8.25. The fourth-order valence-electron chi connectivity index (χ4n) is 4.28. The van der Waals surface area contributed by atoms with Crippen LogP contribution in [0.25, 0.3) is 17.2 Å². The van der Waals surface area contributed by atoms with E-state index < -0.39 is 13.0 Å². The molecule has 0 unspecified atom stereocenters. The molecule has 0 saturated carbocycles. The van der Waals surface area contributed by atoms with Crippen molar-refractivity contribution in [3.05, 3.63) is 65.0 Å². The summed E-state index contributed by atoms with van der Waals surface area (Å²) in [6.07, 6.45) is 3.61. The first-order valence-electron chi connectivity index (χ1n) is 11.0. The zero-order chi connectivity index (χ0) is 23.8. The Hall–Kier alpha value is -3.96. The summed E-state index contributed by atoms with van der Waals surface area (Å²) in [5.74, 6) is 1.39. The average Bonchev–Trinajstić information content (AvgIpc) is 3.18. The Kier molecular flexibility index (Phi) is 5.64. The summed E-state index contributed by atoms with van der Waals surface area (Å²) < 4.78 is 1.79. The third-order valence-corrected chi connectivity index (χ3v) is 5.91. The summed E-state index contributed by atoms with van der Waals surface area (Å²) in [7, 11) is -1.52. The molecule has 34 heavy (non-hydrogen) atoms. The van der Waals surface area contributed by atoms with Crippen LogP contribution in [0.3, 0.4) is 0 Å². The van der Waals surface area contributed by atoms with Gasteiger partial charge in [-0.1, -0.05) is 24.3 Å². The summed E-state index contributed by atoms with van der Waals surface area (Å²) in [6.45, 7) is 3.11. The first kappa shape index (κ1) is 21.9. The molecule has 0 saturated heterocycles. The number of fused-ring (bicyclic) bond motifs is 2. The molecule has 0 aliphatic carbocycles. The fraction of sp³-hybridized carbons (Fsp3) is 0.217. The van der Waals surface area contributed by atoms with E-state index in [2.05, 4.69) is 15.6 Å². The van der Waals surface area contributed by atoms with Gasteiger partial charge in [0.15, 0.2) is 5.82 Å². The summed E-state index contributed by atoms with van der Waals surface area (Å²) in [6, 6.07) is 10.5. The van der Waals surface area contributed by atoms with Gasteiger partial charge < -0.3 is 26.4 Å². The third kappa shape index (κ3) is 3.95. The molecule has 0 spiro atoms. The minimum atomic E-state index is -1.52. The zero-order valence-electron chi connectivity index (χ0n) is 18.6. The van der Waals surface area contributed by atoms with Crippen molar-refractivity contribution >= 4 is 35.8 Å². The summed E-state index contributed by atoms with van der Waals surface area (Å²) >= 11 is 0. The maximum absolute atomic E-state index is 11.9. The van der Waals surface area contributed by atoms with Gasteiger partial charge in [0.2, 0.25) is 0 Å². The predicted molar refractivity (Wildman–Crippen MR) is 130 cm³/mol. The van der Waals surface area contributed by atoms with Gasteiger partial charge in [0, 0.05) is 24.8 Å².